The van der Waals surface area contributed by atoms with E-state index in [1.807, 2.05) is 27.7 Å². The number of hydrogen-bond donors (Lipinski definition) is 4. The molecule has 2 atom stereocenters. The zero-order chi connectivity index (χ0) is 48.2. The number of aliphatic hydroxyl groups is 1. The standard InChI is InChI=1S/C52H54N4O10S/c1-8-28(9-2)55-47(60)32-20-18-31-43-39(67-24-37(53-26(5)58)46(59)54-36(51(64)65)21-27-15-13-12-14-16-27)23-35-41-33(48(61)56(50(35)63)29(10-3)11-4)19-17-30(45(41)43)42-38(66-52(6,7)25-57)22-34(49(55)62)40(32)44(31)42/h12-20,22-23,28-29,36-37,57H,8-11,21,24-25H2,1-7H3,(H,53,58)(H,54,59)(H,64,65). The average Bonchev–Trinajstić information content (AvgIpc) is 3.31. The van der Waals surface area contributed by atoms with E-state index in [1.54, 1.807) is 80.6 Å². The zero-order valence-electron chi connectivity index (χ0n) is 38.6. The monoisotopic (exact) mass is 926 g/mol. The highest BCUT2D eigenvalue weighted by molar-refractivity contribution is 7.99. The topological polar surface area (TPSA) is 200 Å². The Kier molecular flexibility index (Phi) is 12.8. The Morgan fingerprint density at radius 3 is 1.67 bits per heavy atom. The molecule has 2 aliphatic heterocycles. The number of nitrogens with one attached hydrogen (secondary N) is 2. The Morgan fingerprint density at radius 1 is 0.657 bits per heavy atom. The van der Waals surface area contributed by atoms with E-state index in [9.17, 15) is 43.8 Å². The fourth-order valence-corrected chi connectivity index (χ4v) is 11.0. The van der Waals surface area contributed by atoms with Crippen molar-refractivity contribution in [3.8, 4) is 5.75 Å². The van der Waals surface area contributed by atoms with Gasteiger partial charge in [-0.2, -0.15) is 0 Å². The largest absolute Gasteiger partial charge is 0.485 e. The Bertz CT molecular complexity index is 3030. The minimum atomic E-state index is -1.32. The number of thioether (sulfide) groups is 1. The van der Waals surface area contributed by atoms with E-state index < -0.39 is 65.1 Å². The highest BCUT2D eigenvalue weighted by Gasteiger charge is 2.42. The molecule has 2 heterocycles. The summed E-state index contributed by atoms with van der Waals surface area (Å²) in [6.07, 6.45) is 2.11. The van der Waals surface area contributed by atoms with E-state index in [1.165, 1.54) is 16.7 Å². The summed E-state index contributed by atoms with van der Waals surface area (Å²) in [6, 6.07) is 15.8. The van der Waals surface area contributed by atoms with Gasteiger partial charge >= 0.3 is 5.97 Å². The SMILES string of the molecule is CCC(CC)N1C(=O)c2ccc3c4c(SCC(NC(C)=O)C(=O)NC(Cc5ccccc5)C(=O)O)cc5c6c(ccc(c7c(OC(C)(C)CO)cc(c2c37)C1=O)c64)C(=O)N(C(CC)CC)C5=O. The van der Waals surface area contributed by atoms with Crippen molar-refractivity contribution in [1.29, 1.82) is 0 Å². The average molecular weight is 927 g/mol. The van der Waals surface area contributed by atoms with E-state index in [0.29, 0.717) is 90.4 Å². The normalized spacial score (nSPS) is 14.9. The third-order valence-electron chi connectivity index (χ3n) is 13.2. The number of carbonyl (C=O) groups is 7. The molecule has 0 radical (unpaired) electrons. The van der Waals surface area contributed by atoms with E-state index in [-0.39, 0.29) is 41.7 Å². The quantitative estimate of drug-likeness (QED) is 0.0283. The van der Waals surface area contributed by atoms with Crippen LogP contribution < -0.4 is 15.4 Å². The summed E-state index contributed by atoms with van der Waals surface area (Å²) in [5, 5.41) is 30.0. The van der Waals surface area contributed by atoms with Gasteiger partial charge in [0.25, 0.3) is 23.6 Å². The lowest BCUT2D eigenvalue weighted by Gasteiger charge is -2.35. The summed E-state index contributed by atoms with van der Waals surface area (Å²) in [4.78, 5) is 101. The molecule has 0 fully saturated rings. The van der Waals surface area contributed by atoms with Crippen LogP contribution in [0.1, 0.15) is 121 Å². The van der Waals surface area contributed by atoms with Gasteiger partial charge in [-0.1, -0.05) is 70.2 Å². The van der Waals surface area contributed by atoms with Crippen LogP contribution in [0, 0.1) is 0 Å². The number of aliphatic hydroxyl groups excluding tert-OH is 1. The lowest BCUT2D eigenvalue weighted by atomic mass is 9.81. The molecule has 0 saturated heterocycles. The molecule has 67 heavy (non-hydrogen) atoms. The number of amides is 6. The first kappa shape index (κ1) is 46.9. The van der Waals surface area contributed by atoms with Gasteiger partial charge in [-0.25, -0.2) is 4.79 Å². The van der Waals surface area contributed by atoms with Gasteiger partial charge in [-0.05, 0) is 80.1 Å². The number of imide groups is 2. The van der Waals surface area contributed by atoms with Crippen LogP contribution in [0.4, 0.5) is 0 Å². The Hall–Kier alpha value is -6.58. The molecule has 0 aromatic heterocycles. The molecule has 14 nitrogen and oxygen atoms in total. The van der Waals surface area contributed by atoms with Crippen LogP contribution in [0.2, 0.25) is 0 Å². The van der Waals surface area contributed by atoms with Crippen molar-refractivity contribution in [3.05, 3.63) is 94.5 Å². The number of hydrogen-bond acceptors (Lipinski definition) is 10. The Labute approximate surface area is 391 Å². The van der Waals surface area contributed by atoms with Gasteiger partial charge in [0.1, 0.15) is 23.4 Å². The lowest BCUT2D eigenvalue weighted by Crippen LogP contribution is -2.53. The molecule has 6 amide bonds. The molecule has 0 bridgehead atoms. The summed E-state index contributed by atoms with van der Waals surface area (Å²) >= 11 is 1.16. The smallest absolute Gasteiger partial charge is 0.326 e. The molecule has 0 aliphatic carbocycles. The molecule has 6 aromatic rings. The van der Waals surface area contributed by atoms with Crippen molar-refractivity contribution in [1.82, 2.24) is 20.4 Å². The third-order valence-corrected chi connectivity index (χ3v) is 14.3. The first-order chi connectivity index (χ1) is 32.0. The van der Waals surface area contributed by atoms with Crippen LogP contribution in [0.15, 0.2) is 71.6 Å². The van der Waals surface area contributed by atoms with Crippen molar-refractivity contribution in [2.75, 3.05) is 12.4 Å². The van der Waals surface area contributed by atoms with Gasteiger partial charge < -0.3 is 25.6 Å². The summed E-state index contributed by atoms with van der Waals surface area (Å²) in [5.41, 5.74) is 0.654. The summed E-state index contributed by atoms with van der Waals surface area (Å²) < 4.78 is 6.65. The maximum Gasteiger partial charge on any atom is 0.326 e. The van der Waals surface area contributed by atoms with Crippen LogP contribution in [0.5, 0.6) is 5.75 Å². The van der Waals surface area contributed by atoms with Crippen molar-refractivity contribution in [3.63, 3.8) is 0 Å². The third kappa shape index (κ3) is 8.01. The van der Waals surface area contributed by atoms with Gasteiger partial charge in [-0.3, -0.25) is 38.6 Å². The molecule has 6 aromatic carbocycles. The maximum absolute atomic E-state index is 14.8. The zero-order valence-corrected chi connectivity index (χ0v) is 39.4. The van der Waals surface area contributed by atoms with Gasteiger partial charge in [0.2, 0.25) is 11.8 Å². The highest BCUT2D eigenvalue weighted by atomic mass is 32.2. The van der Waals surface area contributed by atoms with Crippen molar-refractivity contribution in [2.24, 2.45) is 0 Å². The minimum Gasteiger partial charge on any atom is -0.485 e. The first-order valence-corrected chi connectivity index (χ1v) is 23.8. The molecule has 348 valence electrons. The second-order valence-electron chi connectivity index (χ2n) is 18.0. The van der Waals surface area contributed by atoms with E-state index in [0.717, 1.165) is 11.8 Å². The Balaban J connectivity index is 1.40. The lowest BCUT2D eigenvalue weighted by molar-refractivity contribution is -0.142. The van der Waals surface area contributed by atoms with Gasteiger partial charge in [0.05, 0.1) is 12.2 Å². The molecule has 2 unspecified atom stereocenters. The Morgan fingerprint density at radius 2 is 1.16 bits per heavy atom. The van der Waals surface area contributed by atoms with Crippen LogP contribution in [0.25, 0.3) is 43.1 Å². The number of nitrogens with zero attached hydrogens (tertiary/aromatic N) is 2. The summed E-state index contributed by atoms with van der Waals surface area (Å²) in [6.45, 7) is 12.0. The molecular formula is C52H54N4O10S. The number of rotatable bonds is 18. The second kappa shape index (κ2) is 18.2. The van der Waals surface area contributed by atoms with Crippen LogP contribution in [0.3, 0.4) is 0 Å². The number of carboxylic acids is 1. The van der Waals surface area contributed by atoms with Gasteiger partial charge in [0.15, 0.2) is 0 Å². The molecule has 2 aliphatic rings. The maximum atomic E-state index is 14.8. The fourth-order valence-electron chi connectivity index (χ4n) is 9.85. The number of fused-ring (bicyclic) bond motifs is 2. The highest BCUT2D eigenvalue weighted by Crippen LogP contribution is 2.52. The molecule has 4 N–H and O–H groups in total. The molecule has 0 saturated carbocycles. The van der Waals surface area contributed by atoms with Crippen LogP contribution in [-0.4, -0.2) is 104 Å². The molecule has 8 rings (SSSR count). The predicted octanol–water partition coefficient (Wildman–Crippen LogP) is 7.87. The van der Waals surface area contributed by atoms with Gasteiger partial charge in [0, 0.05) is 85.1 Å². The molecule has 0 spiro atoms. The number of carbonyl (C=O) groups excluding carboxylic acids is 6. The number of carboxylic acid groups (broad SMARTS) is 1. The number of benzene rings is 6. The summed E-state index contributed by atoms with van der Waals surface area (Å²) in [7, 11) is 0. The second-order valence-corrected chi connectivity index (χ2v) is 19.1. The number of ether oxygens (including phenoxy) is 1. The van der Waals surface area contributed by atoms with Crippen molar-refractivity contribution < 1.29 is 48.5 Å². The fraction of sp³-hybridized carbons (Fsp3) is 0.365. The van der Waals surface area contributed by atoms with Crippen LogP contribution in [-0.2, 0) is 20.8 Å². The molecular weight excluding hydrogens is 873 g/mol. The van der Waals surface area contributed by atoms with Crippen molar-refractivity contribution in [2.45, 2.75) is 115 Å². The van der Waals surface area contributed by atoms with Gasteiger partial charge in [-0.15, -0.1) is 11.8 Å². The van der Waals surface area contributed by atoms with Crippen LogP contribution >= 0.6 is 11.8 Å². The minimum absolute atomic E-state index is 0.00607. The number of aliphatic carboxylic acids is 1. The molecule has 15 heteroatoms. The van der Waals surface area contributed by atoms with Crippen molar-refractivity contribution >= 4 is 96.3 Å². The first-order valence-electron chi connectivity index (χ1n) is 22.8. The van der Waals surface area contributed by atoms with E-state index >= 15 is 0 Å². The summed E-state index contributed by atoms with van der Waals surface area (Å²) in [5.74, 6) is -4.25. The predicted molar refractivity (Wildman–Crippen MR) is 257 cm³/mol. The van der Waals surface area contributed by atoms with E-state index in [4.69, 9.17) is 4.74 Å². The van der Waals surface area contributed by atoms with E-state index in [2.05, 4.69) is 10.6 Å².